The molecule has 1 aliphatic rings. The molecule has 1 atom stereocenters. The molecule has 3 N–H and O–H groups in total. The highest BCUT2D eigenvalue weighted by Crippen LogP contribution is 2.27. The van der Waals surface area contributed by atoms with Gasteiger partial charge in [0, 0.05) is 12.6 Å². The molecular formula is C11H19NO4. The smallest absolute Gasteiger partial charge is 0.318 e. The summed E-state index contributed by atoms with van der Waals surface area (Å²) in [6.07, 6.45) is 3.22. The van der Waals surface area contributed by atoms with Gasteiger partial charge >= 0.3 is 5.97 Å². The number of hydrogen-bond acceptors (Lipinski definition) is 3. The molecule has 0 aromatic carbocycles. The zero-order valence-electron chi connectivity index (χ0n) is 9.53. The van der Waals surface area contributed by atoms with Crippen LogP contribution in [0, 0.1) is 5.41 Å². The highest BCUT2D eigenvalue weighted by molar-refractivity contribution is 6.01. The second-order valence-electron chi connectivity index (χ2n) is 4.57. The Balaban J connectivity index is 2.54. The first-order valence-electron chi connectivity index (χ1n) is 5.66. The van der Waals surface area contributed by atoms with Gasteiger partial charge < -0.3 is 15.5 Å². The van der Waals surface area contributed by atoms with Crippen LogP contribution in [-0.2, 0) is 9.59 Å². The third-order valence-electron chi connectivity index (χ3n) is 2.97. The van der Waals surface area contributed by atoms with Gasteiger partial charge in [0.2, 0.25) is 5.91 Å². The van der Waals surface area contributed by atoms with E-state index in [4.69, 9.17) is 10.2 Å². The average Bonchev–Trinajstić information content (AvgIpc) is 3.01. The largest absolute Gasteiger partial charge is 0.480 e. The minimum Gasteiger partial charge on any atom is -0.480 e. The molecular weight excluding hydrogens is 210 g/mol. The summed E-state index contributed by atoms with van der Waals surface area (Å²) in [5, 5.41) is 20.5. The number of carbonyl (C=O) groups is 2. The molecule has 1 aliphatic carbocycles. The number of carboxylic acid groups (broad SMARTS) is 1. The van der Waals surface area contributed by atoms with E-state index in [2.05, 4.69) is 5.32 Å². The lowest BCUT2D eigenvalue weighted by molar-refractivity contribution is -0.155. The van der Waals surface area contributed by atoms with E-state index in [1.54, 1.807) is 0 Å². The maximum absolute atomic E-state index is 11.8. The second-order valence-corrected chi connectivity index (χ2v) is 4.57. The number of rotatable bonds is 7. The Morgan fingerprint density at radius 2 is 2.00 bits per heavy atom. The Morgan fingerprint density at radius 1 is 1.38 bits per heavy atom. The van der Waals surface area contributed by atoms with Crippen molar-refractivity contribution in [3.8, 4) is 0 Å². The summed E-state index contributed by atoms with van der Waals surface area (Å²) in [5.41, 5.74) is -1.36. The summed E-state index contributed by atoms with van der Waals surface area (Å²) in [6.45, 7) is 1.48. The summed E-state index contributed by atoms with van der Waals surface area (Å²) in [7, 11) is 0. The van der Waals surface area contributed by atoms with Crippen molar-refractivity contribution in [2.24, 2.45) is 5.41 Å². The van der Waals surface area contributed by atoms with Crippen molar-refractivity contribution in [3.05, 3.63) is 0 Å². The number of amides is 1. The monoisotopic (exact) mass is 229 g/mol. The first-order chi connectivity index (χ1) is 7.50. The Hall–Kier alpha value is -1.10. The van der Waals surface area contributed by atoms with Gasteiger partial charge in [-0.2, -0.15) is 0 Å². The van der Waals surface area contributed by atoms with Crippen LogP contribution in [-0.4, -0.2) is 34.7 Å². The molecule has 16 heavy (non-hydrogen) atoms. The molecule has 92 valence electrons. The highest BCUT2D eigenvalue weighted by Gasteiger charge is 2.42. The maximum atomic E-state index is 11.8. The number of aliphatic carboxylic acids is 1. The van der Waals surface area contributed by atoms with Gasteiger partial charge in [-0.05, 0) is 39.0 Å². The van der Waals surface area contributed by atoms with Crippen LogP contribution in [0.4, 0.5) is 0 Å². The van der Waals surface area contributed by atoms with Crippen molar-refractivity contribution in [2.45, 2.75) is 45.1 Å². The van der Waals surface area contributed by atoms with Crippen LogP contribution in [0.1, 0.15) is 39.0 Å². The van der Waals surface area contributed by atoms with Crippen LogP contribution in [0.5, 0.6) is 0 Å². The van der Waals surface area contributed by atoms with Gasteiger partial charge in [-0.3, -0.25) is 9.59 Å². The lowest BCUT2D eigenvalue weighted by atomic mass is 9.84. The number of aliphatic hydroxyl groups excluding tert-OH is 1. The third-order valence-corrected chi connectivity index (χ3v) is 2.97. The standard InChI is InChI=1S/C11H19NO4/c1-11(10(15)16,6-2-3-7-13)9(14)12-8-4-5-8/h8,13H,2-7H2,1H3,(H,12,14)(H,15,16). The fraction of sp³-hybridized carbons (Fsp3) is 0.818. The van der Waals surface area contributed by atoms with E-state index in [1.807, 2.05) is 0 Å². The van der Waals surface area contributed by atoms with Crippen LogP contribution in [0.25, 0.3) is 0 Å². The summed E-state index contributed by atoms with van der Waals surface area (Å²) in [6, 6.07) is 0.170. The third kappa shape index (κ3) is 3.20. The predicted molar refractivity (Wildman–Crippen MR) is 57.8 cm³/mol. The van der Waals surface area contributed by atoms with Crippen LogP contribution >= 0.6 is 0 Å². The van der Waals surface area contributed by atoms with Crippen molar-refractivity contribution in [3.63, 3.8) is 0 Å². The second kappa shape index (κ2) is 5.30. The number of carbonyl (C=O) groups excluding carboxylic acids is 1. The number of aliphatic hydroxyl groups is 1. The Bertz CT molecular complexity index is 275. The number of carboxylic acids is 1. The van der Waals surface area contributed by atoms with Gasteiger partial charge in [0.1, 0.15) is 5.41 Å². The van der Waals surface area contributed by atoms with Crippen molar-refractivity contribution in [2.75, 3.05) is 6.61 Å². The van der Waals surface area contributed by atoms with Crippen LogP contribution in [0.2, 0.25) is 0 Å². The van der Waals surface area contributed by atoms with Gasteiger partial charge in [0.25, 0.3) is 0 Å². The van der Waals surface area contributed by atoms with E-state index in [-0.39, 0.29) is 19.1 Å². The normalized spacial score (nSPS) is 18.9. The highest BCUT2D eigenvalue weighted by atomic mass is 16.4. The lowest BCUT2D eigenvalue weighted by Crippen LogP contribution is -2.45. The summed E-state index contributed by atoms with van der Waals surface area (Å²) in [5.74, 6) is -1.50. The van der Waals surface area contributed by atoms with Crippen LogP contribution < -0.4 is 5.32 Å². The molecule has 0 radical (unpaired) electrons. The molecule has 0 heterocycles. The molecule has 5 nitrogen and oxygen atoms in total. The van der Waals surface area contributed by atoms with E-state index >= 15 is 0 Å². The lowest BCUT2D eigenvalue weighted by Gasteiger charge is -2.23. The van der Waals surface area contributed by atoms with E-state index in [1.165, 1.54) is 6.92 Å². The van der Waals surface area contributed by atoms with Gasteiger partial charge in [-0.15, -0.1) is 0 Å². The van der Waals surface area contributed by atoms with Crippen molar-refractivity contribution >= 4 is 11.9 Å². The summed E-state index contributed by atoms with van der Waals surface area (Å²) in [4.78, 5) is 22.9. The molecule has 1 amide bonds. The molecule has 0 aromatic rings. The number of unbranched alkanes of at least 4 members (excludes halogenated alkanes) is 1. The first-order valence-corrected chi connectivity index (χ1v) is 5.66. The van der Waals surface area contributed by atoms with Gasteiger partial charge in [-0.1, -0.05) is 0 Å². The fourth-order valence-corrected chi connectivity index (χ4v) is 1.48. The summed E-state index contributed by atoms with van der Waals surface area (Å²) >= 11 is 0. The quantitative estimate of drug-likeness (QED) is 0.439. The van der Waals surface area contributed by atoms with Crippen molar-refractivity contribution in [1.82, 2.24) is 5.32 Å². The van der Waals surface area contributed by atoms with Gasteiger partial charge in [-0.25, -0.2) is 0 Å². The van der Waals surface area contributed by atoms with E-state index < -0.39 is 17.3 Å². The number of hydrogen-bond donors (Lipinski definition) is 3. The van der Waals surface area contributed by atoms with E-state index in [0.717, 1.165) is 12.8 Å². The molecule has 5 heteroatoms. The zero-order chi connectivity index (χ0) is 12.2. The minimum absolute atomic E-state index is 0.0277. The molecule has 1 fully saturated rings. The molecule has 1 saturated carbocycles. The molecule has 0 spiro atoms. The maximum Gasteiger partial charge on any atom is 0.318 e. The fourth-order valence-electron chi connectivity index (χ4n) is 1.48. The minimum atomic E-state index is -1.36. The van der Waals surface area contributed by atoms with Gasteiger partial charge in [0.05, 0.1) is 0 Å². The van der Waals surface area contributed by atoms with Crippen molar-refractivity contribution in [1.29, 1.82) is 0 Å². The zero-order valence-corrected chi connectivity index (χ0v) is 9.53. The molecule has 0 bridgehead atoms. The predicted octanol–water partition coefficient (Wildman–Crippen LogP) is 0.518. The SMILES string of the molecule is CC(CCCCO)(C(=O)O)C(=O)NC1CC1. The molecule has 0 saturated heterocycles. The van der Waals surface area contributed by atoms with Crippen molar-refractivity contribution < 1.29 is 19.8 Å². The Kier molecular flexibility index (Phi) is 4.29. The Morgan fingerprint density at radius 3 is 2.44 bits per heavy atom. The first kappa shape index (κ1) is 13.0. The Labute approximate surface area is 94.8 Å². The molecule has 0 aromatic heterocycles. The van der Waals surface area contributed by atoms with Gasteiger partial charge in [0.15, 0.2) is 0 Å². The molecule has 1 rings (SSSR count). The summed E-state index contributed by atoms with van der Waals surface area (Å²) < 4.78 is 0. The van der Waals surface area contributed by atoms with E-state index in [9.17, 15) is 9.59 Å². The molecule has 1 unspecified atom stereocenters. The molecule has 0 aliphatic heterocycles. The van der Waals surface area contributed by atoms with Crippen LogP contribution in [0.15, 0.2) is 0 Å². The topological polar surface area (TPSA) is 86.6 Å². The van der Waals surface area contributed by atoms with E-state index in [0.29, 0.717) is 12.8 Å². The number of nitrogens with one attached hydrogen (secondary N) is 1. The van der Waals surface area contributed by atoms with Crippen LogP contribution in [0.3, 0.4) is 0 Å². The average molecular weight is 229 g/mol.